The standard InChI is InChI=1S/C17H20N2O4/c1-2-23-15-5-3-12(4-6-15)9-14(16(18)20)10-19-17(21)13-7-8-22-11-13/h3-8,11,14H,2,9-10H2,1H3,(H2,18,20)(H,19,21). The first-order chi connectivity index (χ1) is 11.1. The van der Waals surface area contributed by atoms with Gasteiger partial charge in [-0.05, 0) is 37.1 Å². The molecule has 1 aromatic carbocycles. The molecule has 0 aliphatic rings. The third-order valence-electron chi connectivity index (χ3n) is 3.41. The third-order valence-corrected chi connectivity index (χ3v) is 3.41. The van der Waals surface area contributed by atoms with Gasteiger partial charge in [-0.15, -0.1) is 0 Å². The minimum Gasteiger partial charge on any atom is -0.494 e. The number of hydrogen-bond donors (Lipinski definition) is 2. The fourth-order valence-electron chi connectivity index (χ4n) is 2.16. The Labute approximate surface area is 134 Å². The molecule has 0 saturated heterocycles. The van der Waals surface area contributed by atoms with Crippen LogP contribution < -0.4 is 15.8 Å². The maximum atomic E-state index is 11.9. The molecule has 0 bridgehead atoms. The summed E-state index contributed by atoms with van der Waals surface area (Å²) in [4.78, 5) is 23.5. The van der Waals surface area contributed by atoms with Gasteiger partial charge in [0.2, 0.25) is 5.91 Å². The maximum Gasteiger partial charge on any atom is 0.254 e. The highest BCUT2D eigenvalue weighted by Crippen LogP contribution is 2.15. The molecule has 0 fully saturated rings. The molecular weight excluding hydrogens is 296 g/mol. The number of carbonyl (C=O) groups is 2. The van der Waals surface area contributed by atoms with E-state index in [-0.39, 0.29) is 12.5 Å². The lowest BCUT2D eigenvalue weighted by molar-refractivity contribution is -0.121. The van der Waals surface area contributed by atoms with E-state index in [1.54, 1.807) is 6.07 Å². The summed E-state index contributed by atoms with van der Waals surface area (Å²) in [5.74, 6) is -0.452. The predicted molar refractivity (Wildman–Crippen MR) is 85.0 cm³/mol. The maximum absolute atomic E-state index is 11.9. The van der Waals surface area contributed by atoms with Crippen LogP contribution in [-0.2, 0) is 11.2 Å². The molecule has 6 heteroatoms. The molecule has 2 amide bonds. The number of furan rings is 1. The summed E-state index contributed by atoms with van der Waals surface area (Å²) >= 11 is 0. The number of amides is 2. The lowest BCUT2D eigenvalue weighted by Crippen LogP contribution is -2.37. The number of ether oxygens (including phenoxy) is 1. The minimum absolute atomic E-state index is 0.173. The van der Waals surface area contributed by atoms with Crippen LogP contribution in [0.5, 0.6) is 5.75 Å². The van der Waals surface area contributed by atoms with Crippen LogP contribution in [0, 0.1) is 5.92 Å². The van der Waals surface area contributed by atoms with Crippen molar-refractivity contribution < 1.29 is 18.7 Å². The van der Waals surface area contributed by atoms with E-state index in [1.807, 2.05) is 31.2 Å². The SMILES string of the molecule is CCOc1ccc(CC(CNC(=O)c2ccoc2)C(N)=O)cc1. The summed E-state index contributed by atoms with van der Waals surface area (Å²) in [5.41, 5.74) is 6.80. The highest BCUT2D eigenvalue weighted by Gasteiger charge is 2.18. The Hall–Kier alpha value is -2.76. The van der Waals surface area contributed by atoms with E-state index in [9.17, 15) is 9.59 Å². The van der Waals surface area contributed by atoms with Gasteiger partial charge in [-0.3, -0.25) is 9.59 Å². The molecule has 0 radical (unpaired) electrons. The Kier molecular flexibility index (Phi) is 5.80. The summed E-state index contributed by atoms with van der Waals surface area (Å²) in [7, 11) is 0. The number of benzene rings is 1. The van der Waals surface area contributed by atoms with Crippen molar-refractivity contribution in [2.75, 3.05) is 13.2 Å². The lowest BCUT2D eigenvalue weighted by atomic mass is 9.98. The average Bonchev–Trinajstić information content (AvgIpc) is 3.07. The zero-order chi connectivity index (χ0) is 16.7. The van der Waals surface area contributed by atoms with Crippen molar-refractivity contribution in [2.24, 2.45) is 11.7 Å². The first-order valence-electron chi connectivity index (χ1n) is 7.41. The van der Waals surface area contributed by atoms with Crippen molar-refractivity contribution >= 4 is 11.8 Å². The van der Waals surface area contributed by atoms with E-state index in [2.05, 4.69) is 5.32 Å². The lowest BCUT2D eigenvalue weighted by Gasteiger charge is -2.14. The molecule has 122 valence electrons. The first kappa shape index (κ1) is 16.6. The molecule has 1 heterocycles. The van der Waals surface area contributed by atoms with Crippen LogP contribution in [0.15, 0.2) is 47.3 Å². The van der Waals surface area contributed by atoms with Crippen LogP contribution in [0.3, 0.4) is 0 Å². The van der Waals surface area contributed by atoms with Gasteiger partial charge in [-0.2, -0.15) is 0 Å². The molecule has 0 aliphatic heterocycles. The van der Waals surface area contributed by atoms with Gasteiger partial charge in [0.15, 0.2) is 0 Å². The molecule has 1 unspecified atom stereocenters. The van der Waals surface area contributed by atoms with Crippen LogP contribution in [0.25, 0.3) is 0 Å². The smallest absolute Gasteiger partial charge is 0.254 e. The Morgan fingerprint density at radius 1 is 1.26 bits per heavy atom. The summed E-state index contributed by atoms with van der Waals surface area (Å²) < 4.78 is 10.2. The van der Waals surface area contributed by atoms with E-state index in [1.165, 1.54) is 12.5 Å². The van der Waals surface area contributed by atoms with E-state index in [4.69, 9.17) is 14.9 Å². The highest BCUT2D eigenvalue weighted by molar-refractivity contribution is 5.94. The monoisotopic (exact) mass is 316 g/mol. The van der Waals surface area contributed by atoms with Gasteiger partial charge in [-0.1, -0.05) is 12.1 Å². The molecular formula is C17H20N2O4. The van der Waals surface area contributed by atoms with Gasteiger partial charge in [0.25, 0.3) is 5.91 Å². The number of nitrogens with one attached hydrogen (secondary N) is 1. The molecule has 2 aromatic rings. The number of primary amides is 1. The summed E-state index contributed by atoms with van der Waals surface area (Å²) in [5, 5.41) is 2.69. The minimum atomic E-state index is -0.483. The largest absolute Gasteiger partial charge is 0.494 e. The highest BCUT2D eigenvalue weighted by atomic mass is 16.5. The second kappa shape index (κ2) is 8.03. The topological polar surface area (TPSA) is 94.6 Å². The van der Waals surface area contributed by atoms with Gasteiger partial charge in [0, 0.05) is 6.54 Å². The van der Waals surface area contributed by atoms with Crippen molar-refractivity contribution in [3.63, 3.8) is 0 Å². The molecule has 3 N–H and O–H groups in total. The summed E-state index contributed by atoms with van der Waals surface area (Å²) in [6, 6.07) is 9.03. The molecule has 0 spiro atoms. The van der Waals surface area contributed by atoms with Crippen LogP contribution in [-0.4, -0.2) is 25.0 Å². The summed E-state index contributed by atoms with van der Waals surface area (Å²) in [6.45, 7) is 2.69. The second-order valence-electron chi connectivity index (χ2n) is 5.10. The van der Waals surface area contributed by atoms with Crippen LogP contribution in [0.2, 0.25) is 0 Å². The van der Waals surface area contributed by atoms with Crippen molar-refractivity contribution in [1.82, 2.24) is 5.32 Å². The van der Waals surface area contributed by atoms with Crippen molar-refractivity contribution in [3.05, 3.63) is 54.0 Å². The molecule has 0 aliphatic carbocycles. The zero-order valence-electron chi connectivity index (χ0n) is 13.0. The Bertz CT molecular complexity index is 635. The fraction of sp³-hybridized carbons (Fsp3) is 0.294. The molecule has 1 atom stereocenters. The second-order valence-corrected chi connectivity index (χ2v) is 5.10. The Morgan fingerprint density at radius 3 is 2.57 bits per heavy atom. The van der Waals surface area contributed by atoms with E-state index in [0.717, 1.165) is 11.3 Å². The van der Waals surface area contributed by atoms with Gasteiger partial charge < -0.3 is 20.2 Å². The Morgan fingerprint density at radius 2 is 2.00 bits per heavy atom. The molecule has 0 saturated carbocycles. The number of hydrogen-bond acceptors (Lipinski definition) is 4. The molecule has 23 heavy (non-hydrogen) atoms. The van der Waals surface area contributed by atoms with E-state index >= 15 is 0 Å². The van der Waals surface area contributed by atoms with Crippen LogP contribution >= 0.6 is 0 Å². The van der Waals surface area contributed by atoms with Crippen molar-refractivity contribution in [2.45, 2.75) is 13.3 Å². The molecule has 2 rings (SSSR count). The van der Waals surface area contributed by atoms with Crippen LogP contribution in [0.1, 0.15) is 22.8 Å². The predicted octanol–water partition coefficient (Wildman–Crippen LogP) is 1.75. The summed E-state index contributed by atoms with van der Waals surface area (Å²) in [6.07, 6.45) is 3.22. The average molecular weight is 316 g/mol. The van der Waals surface area contributed by atoms with Crippen molar-refractivity contribution in [3.8, 4) is 5.75 Å². The van der Waals surface area contributed by atoms with Gasteiger partial charge in [0.05, 0.1) is 24.4 Å². The van der Waals surface area contributed by atoms with Gasteiger partial charge in [0.1, 0.15) is 12.0 Å². The quantitative estimate of drug-likeness (QED) is 0.775. The van der Waals surface area contributed by atoms with Crippen molar-refractivity contribution in [1.29, 1.82) is 0 Å². The number of carbonyl (C=O) groups excluding carboxylic acids is 2. The number of rotatable bonds is 8. The molecule has 1 aromatic heterocycles. The fourth-order valence-corrected chi connectivity index (χ4v) is 2.16. The van der Waals surface area contributed by atoms with E-state index in [0.29, 0.717) is 18.6 Å². The normalized spacial score (nSPS) is 11.7. The first-order valence-corrected chi connectivity index (χ1v) is 7.41. The van der Waals surface area contributed by atoms with Crippen LogP contribution in [0.4, 0.5) is 0 Å². The Balaban J connectivity index is 1.93. The van der Waals surface area contributed by atoms with Gasteiger partial charge >= 0.3 is 0 Å². The zero-order valence-corrected chi connectivity index (χ0v) is 13.0. The molecule has 6 nitrogen and oxygen atoms in total. The third kappa shape index (κ3) is 4.88. The van der Waals surface area contributed by atoms with E-state index < -0.39 is 11.8 Å². The van der Waals surface area contributed by atoms with Gasteiger partial charge in [-0.25, -0.2) is 0 Å². The number of nitrogens with two attached hydrogens (primary N) is 1.